The van der Waals surface area contributed by atoms with Crippen LogP contribution in [-0.4, -0.2) is 11.0 Å². The lowest BCUT2D eigenvalue weighted by Gasteiger charge is -2.03. The summed E-state index contributed by atoms with van der Waals surface area (Å²) < 4.78 is 0. The molecule has 1 aliphatic carbocycles. The molecule has 88 valence electrons. The third-order valence-electron chi connectivity index (χ3n) is 3.58. The van der Waals surface area contributed by atoms with Crippen molar-refractivity contribution in [1.29, 1.82) is 0 Å². The molecule has 1 aromatic heterocycles. The Morgan fingerprint density at radius 1 is 1.18 bits per heavy atom. The molecule has 0 aliphatic heterocycles. The lowest BCUT2D eigenvalue weighted by molar-refractivity contribution is -0.255. The van der Waals surface area contributed by atoms with Crippen LogP contribution in [0.25, 0.3) is 10.9 Å². The summed E-state index contributed by atoms with van der Waals surface area (Å²) in [5.74, 6) is -1.10. The molecule has 3 rings (SSSR count). The molecule has 0 fully saturated rings. The lowest BCUT2D eigenvalue weighted by Crippen LogP contribution is -2.21. The Bertz CT molecular complexity index is 583. The van der Waals surface area contributed by atoms with Gasteiger partial charge >= 0.3 is 0 Å². The van der Waals surface area contributed by atoms with E-state index < -0.39 is 5.97 Å². The number of nitrogens with one attached hydrogen (secondary N) is 1. The summed E-state index contributed by atoms with van der Waals surface area (Å²) in [6.45, 7) is 0. The second-order valence-electron chi connectivity index (χ2n) is 4.69. The quantitative estimate of drug-likeness (QED) is 0.757. The van der Waals surface area contributed by atoms with Crippen LogP contribution in [-0.2, 0) is 12.8 Å². The number of benzene rings is 1. The van der Waals surface area contributed by atoms with Gasteiger partial charge in [0.15, 0.2) is 0 Å². The number of carbonyl (C=O) groups excluding carboxylic acids is 1. The zero-order valence-corrected chi connectivity index (χ0v) is 9.58. The van der Waals surface area contributed by atoms with E-state index in [1.807, 2.05) is 6.07 Å². The smallest absolute Gasteiger partial charge is 0.0715 e. The number of aromatic nitrogens is 1. The number of rotatable bonds is 1. The van der Waals surface area contributed by atoms with Crippen LogP contribution >= 0.6 is 0 Å². The van der Waals surface area contributed by atoms with Gasteiger partial charge in [-0.3, -0.25) is 0 Å². The van der Waals surface area contributed by atoms with E-state index in [1.165, 1.54) is 30.5 Å². The largest absolute Gasteiger partial charge is 0.545 e. The van der Waals surface area contributed by atoms with E-state index in [0.29, 0.717) is 0 Å². The van der Waals surface area contributed by atoms with Crippen LogP contribution in [0.1, 0.15) is 40.9 Å². The highest BCUT2D eigenvalue weighted by molar-refractivity contribution is 5.94. The molecule has 1 N–H and O–H groups in total. The van der Waals surface area contributed by atoms with Crippen molar-refractivity contribution in [1.82, 2.24) is 4.98 Å². The van der Waals surface area contributed by atoms with Gasteiger partial charge in [0.25, 0.3) is 0 Å². The minimum absolute atomic E-state index is 0.267. The summed E-state index contributed by atoms with van der Waals surface area (Å²) in [6.07, 6.45) is 5.78. The first-order valence-electron chi connectivity index (χ1n) is 6.10. The average Bonchev–Trinajstić information content (AvgIpc) is 2.51. The second kappa shape index (κ2) is 3.91. The maximum atomic E-state index is 10.9. The van der Waals surface area contributed by atoms with Crippen molar-refractivity contribution in [3.63, 3.8) is 0 Å². The summed E-state index contributed by atoms with van der Waals surface area (Å²) in [5, 5.41) is 11.9. The fourth-order valence-electron chi connectivity index (χ4n) is 2.71. The van der Waals surface area contributed by atoms with Gasteiger partial charge < -0.3 is 14.9 Å². The number of aromatic amines is 1. The molecule has 1 aliphatic rings. The summed E-state index contributed by atoms with van der Waals surface area (Å²) in [4.78, 5) is 14.3. The van der Waals surface area contributed by atoms with Gasteiger partial charge in [-0.2, -0.15) is 0 Å². The van der Waals surface area contributed by atoms with Gasteiger partial charge in [-0.1, -0.05) is 12.5 Å². The van der Waals surface area contributed by atoms with Crippen LogP contribution in [0.3, 0.4) is 0 Å². The summed E-state index contributed by atoms with van der Waals surface area (Å²) in [7, 11) is 0. The second-order valence-corrected chi connectivity index (χ2v) is 4.69. The molecule has 0 spiro atoms. The summed E-state index contributed by atoms with van der Waals surface area (Å²) in [6, 6.07) is 5.19. The Hall–Kier alpha value is -1.77. The predicted octanol–water partition coefficient (Wildman–Crippen LogP) is 1.80. The molecule has 0 saturated carbocycles. The molecular formula is C14H14NO2-. The van der Waals surface area contributed by atoms with Crippen molar-refractivity contribution in [2.45, 2.75) is 32.1 Å². The molecule has 0 saturated heterocycles. The molecular weight excluding hydrogens is 214 g/mol. The van der Waals surface area contributed by atoms with Crippen LogP contribution in [0.2, 0.25) is 0 Å². The average molecular weight is 228 g/mol. The van der Waals surface area contributed by atoms with Crippen molar-refractivity contribution in [3.8, 4) is 0 Å². The molecule has 1 heterocycles. The van der Waals surface area contributed by atoms with Crippen LogP contribution in [0.4, 0.5) is 0 Å². The molecule has 1 aromatic carbocycles. The monoisotopic (exact) mass is 228 g/mol. The van der Waals surface area contributed by atoms with E-state index in [0.717, 1.165) is 23.7 Å². The van der Waals surface area contributed by atoms with Crippen LogP contribution < -0.4 is 5.11 Å². The van der Waals surface area contributed by atoms with Gasteiger partial charge in [0.1, 0.15) is 0 Å². The number of hydrogen-bond donors (Lipinski definition) is 1. The molecule has 0 bridgehead atoms. The van der Waals surface area contributed by atoms with Crippen molar-refractivity contribution >= 4 is 16.9 Å². The Morgan fingerprint density at radius 2 is 2.00 bits per heavy atom. The maximum Gasteiger partial charge on any atom is 0.0715 e. The van der Waals surface area contributed by atoms with E-state index in [4.69, 9.17) is 0 Å². The standard InChI is InChI=1S/C14H15NO2/c16-14(17)9-6-7-13-11(8-9)10-4-2-1-3-5-12(10)15-13/h6-8,15H,1-5H2,(H,16,17)/p-1. The Kier molecular flexibility index (Phi) is 2.39. The number of carboxylic acids is 1. The van der Waals surface area contributed by atoms with E-state index in [1.54, 1.807) is 12.1 Å². The normalized spacial score (nSPS) is 15.5. The zero-order valence-electron chi connectivity index (χ0n) is 9.58. The first kappa shape index (κ1) is 10.4. The molecule has 2 aromatic rings. The number of aryl methyl sites for hydroxylation is 2. The van der Waals surface area contributed by atoms with Crippen LogP contribution in [0.5, 0.6) is 0 Å². The fraction of sp³-hybridized carbons (Fsp3) is 0.357. The van der Waals surface area contributed by atoms with E-state index in [2.05, 4.69) is 4.98 Å². The molecule has 0 radical (unpaired) electrons. The molecule has 0 atom stereocenters. The van der Waals surface area contributed by atoms with Gasteiger partial charge in [0.2, 0.25) is 0 Å². The van der Waals surface area contributed by atoms with Crippen molar-refractivity contribution < 1.29 is 9.90 Å². The highest BCUT2D eigenvalue weighted by atomic mass is 16.4. The molecule has 0 amide bonds. The SMILES string of the molecule is O=C([O-])c1ccc2[nH]c3c(c2c1)CCCCC3. The van der Waals surface area contributed by atoms with E-state index in [9.17, 15) is 9.90 Å². The van der Waals surface area contributed by atoms with Gasteiger partial charge in [-0.15, -0.1) is 0 Å². The first-order chi connectivity index (χ1) is 8.25. The minimum atomic E-state index is -1.10. The molecule has 17 heavy (non-hydrogen) atoms. The Morgan fingerprint density at radius 3 is 2.82 bits per heavy atom. The molecule has 3 nitrogen and oxygen atoms in total. The molecule has 3 heteroatoms. The third-order valence-corrected chi connectivity index (χ3v) is 3.58. The lowest BCUT2D eigenvalue weighted by atomic mass is 10.0. The van der Waals surface area contributed by atoms with Crippen molar-refractivity contribution in [2.75, 3.05) is 0 Å². The number of carbonyl (C=O) groups is 1. The van der Waals surface area contributed by atoms with Crippen LogP contribution in [0, 0.1) is 0 Å². The first-order valence-corrected chi connectivity index (χ1v) is 6.10. The van der Waals surface area contributed by atoms with Crippen molar-refractivity contribution in [2.24, 2.45) is 0 Å². The highest BCUT2D eigenvalue weighted by Gasteiger charge is 2.14. The summed E-state index contributed by atoms with van der Waals surface area (Å²) >= 11 is 0. The highest BCUT2D eigenvalue weighted by Crippen LogP contribution is 2.28. The minimum Gasteiger partial charge on any atom is -0.545 e. The Labute approximate surface area is 99.5 Å². The maximum absolute atomic E-state index is 10.9. The van der Waals surface area contributed by atoms with E-state index in [-0.39, 0.29) is 5.56 Å². The zero-order chi connectivity index (χ0) is 11.8. The fourth-order valence-corrected chi connectivity index (χ4v) is 2.71. The number of H-pyrrole nitrogens is 1. The van der Waals surface area contributed by atoms with Crippen LogP contribution in [0.15, 0.2) is 18.2 Å². The van der Waals surface area contributed by atoms with Gasteiger partial charge in [0, 0.05) is 16.6 Å². The third kappa shape index (κ3) is 1.71. The van der Waals surface area contributed by atoms with E-state index >= 15 is 0 Å². The topological polar surface area (TPSA) is 55.9 Å². The van der Waals surface area contributed by atoms with Gasteiger partial charge in [-0.25, -0.2) is 0 Å². The molecule has 0 unspecified atom stereocenters. The number of hydrogen-bond acceptors (Lipinski definition) is 2. The predicted molar refractivity (Wildman–Crippen MR) is 63.9 cm³/mol. The van der Waals surface area contributed by atoms with Crippen molar-refractivity contribution in [3.05, 3.63) is 35.0 Å². The van der Waals surface area contributed by atoms with Gasteiger partial charge in [-0.05, 0) is 48.9 Å². The number of carboxylic acid groups (broad SMARTS) is 1. The number of aromatic carboxylic acids is 1. The van der Waals surface area contributed by atoms with Gasteiger partial charge in [0.05, 0.1) is 5.97 Å². The number of fused-ring (bicyclic) bond motifs is 3. The summed E-state index contributed by atoms with van der Waals surface area (Å²) in [5.41, 5.74) is 3.90. The Balaban J connectivity index is 2.20.